The lowest BCUT2D eigenvalue weighted by atomic mass is 9.79. The number of furan rings is 1. The number of phenolic OH excluding ortho intramolecular Hbond substituents is 1. The van der Waals surface area contributed by atoms with Crippen molar-refractivity contribution in [3.63, 3.8) is 0 Å². The molecule has 5 rings (SSSR count). The molecule has 0 saturated carbocycles. The lowest BCUT2D eigenvalue weighted by molar-refractivity contribution is -0.117. The van der Waals surface area contributed by atoms with E-state index in [-0.39, 0.29) is 23.5 Å². The van der Waals surface area contributed by atoms with Crippen molar-refractivity contribution in [3.8, 4) is 5.75 Å². The number of Topliss-reactive ketones (excluding diaryl/α,β-unsaturated/α-hetero) is 1. The molecule has 2 aromatic heterocycles. The molecule has 0 saturated heterocycles. The molecule has 2 N–H and O–H groups in total. The minimum absolute atomic E-state index is 0.0127. The van der Waals surface area contributed by atoms with Crippen molar-refractivity contribution < 1.29 is 14.3 Å². The number of rotatable bonds is 2. The summed E-state index contributed by atoms with van der Waals surface area (Å²) in [6.45, 7) is 0. The molecule has 7 nitrogen and oxygen atoms in total. The Morgan fingerprint density at radius 1 is 1.19 bits per heavy atom. The molecule has 1 aliphatic carbocycles. The fraction of sp³-hybridized carbons (Fsp3) is 0.211. The Morgan fingerprint density at radius 2 is 2.04 bits per heavy atom. The molecule has 0 amide bonds. The van der Waals surface area contributed by atoms with E-state index in [9.17, 15) is 9.90 Å². The van der Waals surface area contributed by atoms with Crippen molar-refractivity contribution in [2.24, 2.45) is 0 Å². The second-order valence-electron chi connectivity index (χ2n) is 6.58. The van der Waals surface area contributed by atoms with Gasteiger partial charge in [-0.3, -0.25) is 4.79 Å². The first-order valence-electron chi connectivity index (χ1n) is 8.46. The Labute approximate surface area is 149 Å². The van der Waals surface area contributed by atoms with E-state index in [1.165, 1.54) is 6.33 Å². The van der Waals surface area contributed by atoms with Gasteiger partial charge in [-0.2, -0.15) is 10.1 Å². The van der Waals surface area contributed by atoms with Crippen LogP contribution in [0.2, 0.25) is 0 Å². The molecule has 2 atom stereocenters. The number of nitrogens with one attached hydrogen (secondary N) is 1. The Morgan fingerprint density at radius 3 is 2.81 bits per heavy atom. The maximum atomic E-state index is 13.1. The number of fused-ring (bicyclic) bond motifs is 1. The van der Waals surface area contributed by atoms with Gasteiger partial charge in [-0.05, 0) is 36.2 Å². The van der Waals surface area contributed by atoms with E-state index < -0.39 is 0 Å². The summed E-state index contributed by atoms with van der Waals surface area (Å²) in [5, 5.41) is 17.2. The molecule has 26 heavy (non-hydrogen) atoms. The lowest BCUT2D eigenvalue weighted by Crippen LogP contribution is -2.33. The van der Waals surface area contributed by atoms with Gasteiger partial charge in [-0.1, -0.05) is 12.1 Å². The van der Waals surface area contributed by atoms with Crippen molar-refractivity contribution in [1.82, 2.24) is 14.8 Å². The van der Waals surface area contributed by atoms with Crippen LogP contribution in [0.4, 0.5) is 5.95 Å². The summed E-state index contributed by atoms with van der Waals surface area (Å²) >= 11 is 0. The number of nitrogens with zero attached hydrogens (tertiary/aromatic N) is 3. The molecule has 0 spiro atoms. The number of carbonyl (C=O) groups is 1. The van der Waals surface area contributed by atoms with Gasteiger partial charge in [0.25, 0.3) is 0 Å². The third-order valence-electron chi connectivity index (χ3n) is 5.02. The first-order chi connectivity index (χ1) is 12.7. The third-order valence-corrected chi connectivity index (χ3v) is 5.02. The maximum Gasteiger partial charge on any atom is 0.226 e. The molecule has 0 radical (unpaired) electrons. The van der Waals surface area contributed by atoms with Crippen molar-refractivity contribution >= 4 is 11.7 Å². The van der Waals surface area contributed by atoms with E-state index in [2.05, 4.69) is 15.4 Å². The molecular formula is C19H16N4O3. The number of allylic oxidation sites excluding steroid dienone is 2. The number of hydrogen-bond donors (Lipinski definition) is 2. The second-order valence-corrected chi connectivity index (χ2v) is 6.58. The van der Waals surface area contributed by atoms with Crippen LogP contribution >= 0.6 is 0 Å². The SMILES string of the molecule is O=C1C[C@H](c2ccco2)CC2=C1[C@@H](c1ccc(O)cc1)n1ncnc1N2. The summed E-state index contributed by atoms with van der Waals surface area (Å²) in [4.78, 5) is 17.3. The van der Waals surface area contributed by atoms with Gasteiger partial charge in [0.05, 0.1) is 6.26 Å². The average molecular weight is 348 g/mol. The molecule has 0 bridgehead atoms. The van der Waals surface area contributed by atoms with E-state index in [4.69, 9.17) is 4.42 Å². The molecule has 0 unspecified atom stereocenters. The van der Waals surface area contributed by atoms with Crippen LogP contribution in [0.25, 0.3) is 0 Å². The zero-order valence-electron chi connectivity index (χ0n) is 13.8. The largest absolute Gasteiger partial charge is 0.508 e. The van der Waals surface area contributed by atoms with Gasteiger partial charge in [0, 0.05) is 23.6 Å². The van der Waals surface area contributed by atoms with Crippen LogP contribution in [-0.2, 0) is 4.79 Å². The van der Waals surface area contributed by atoms with Gasteiger partial charge < -0.3 is 14.8 Å². The summed E-state index contributed by atoms with van der Waals surface area (Å²) in [7, 11) is 0. The number of ketones is 1. The highest BCUT2D eigenvalue weighted by Crippen LogP contribution is 2.43. The van der Waals surface area contributed by atoms with Crippen LogP contribution in [0.1, 0.15) is 36.1 Å². The summed E-state index contributed by atoms with van der Waals surface area (Å²) in [5.41, 5.74) is 2.45. The summed E-state index contributed by atoms with van der Waals surface area (Å²) in [6, 6.07) is 10.3. The van der Waals surface area contributed by atoms with Crippen molar-refractivity contribution in [1.29, 1.82) is 0 Å². The van der Waals surface area contributed by atoms with Gasteiger partial charge in [-0.25, -0.2) is 4.68 Å². The summed E-state index contributed by atoms with van der Waals surface area (Å²) in [5.74, 6) is 1.69. The topological polar surface area (TPSA) is 93.2 Å². The monoisotopic (exact) mass is 348 g/mol. The van der Waals surface area contributed by atoms with E-state index in [1.54, 1.807) is 23.1 Å². The minimum Gasteiger partial charge on any atom is -0.508 e. The second kappa shape index (κ2) is 5.59. The Hall–Kier alpha value is -3.35. The number of aromatic hydroxyl groups is 1. The van der Waals surface area contributed by atoms with E-state index in [0.29, 0.717) is 24.4 Å². The minimum atomic E-state index is -0.352. The molecule has 3 heterocycles. The quantitative estimate of drug-likeness (QED) is 0.739. The normalized spacial score (nSPS) is 21.9. The van der Waals surface area contributed by atoms with Gasteiger partial charge in [0.15, 0.2) is 5.78 Å². The zero-order valence-corrected chi connectivity index (χ0v) is 13.8. The first kappa shape index (κ1) is 14.9. The highest BCUT2D eigenvalue weighted by atomic mass is 16.3. The van der Waals surface area contributed by atoms with Crippen molar-refractivity contribution in [2.45, 2.75) is 24.8 Å². The lowest BCUT2D eigenvalue weighted by Gasteiger charge is -2.34. The zero-order chi connectivity index (χ0) is 17.7. The van der Waals surface area contributed by atoms with Crippen molar-refractivity contribution in [3.05, 3.63) is 71.6 Å². The molecule has 130 valence electrons. The molecule has 1 aliphatic heterocycles. The fourth-order valence-corrected chi connectivity index (χ4v) is 3.84. The van der Waals surface area contributed by atoms with Crippen molar-refractivity contribution in [2.75, 3.05) is 5.32 Å². The van der Waals surface area contributed by atoms with Gasteiger partial charge in [0.1, 0.15) is 23.9 Å². The Bertz CT molecular complexity index is 1000. The van der Waals surface area contributed by atoms with Crippen LogP contribution in [0, 0.1) is 0 Å². The number of anilines is 1. The number of carbonyl (C=O) groups excluding carboxylic acids is 1. The Kier molecular flexibility index (Phi) is 3.21. The summed E-state index contributed by atoms with van der Waals surface area (Å²) in [6.07, 6.45) is 4.18. The van der Waals surface area contributed by atoms with Crippen LogP contribution < -0.4 is 5.32 Å². The first-order valence-corrected chi connectivity index (χ1v) is 8.46. The van der Waals surface area contributed by atoms with E-state index in [0.717, 1.165) is 17.0 Å². The van der Waals surface area contributed by atoms with Crippen LogP contribution in [0.3, 0.4) is 0 Å². The number of benzene rings is 1. The van der Waals surface area contributed by atoms with Gasteiger partial charge >= 0.3 is 0 Å². The third kappa shape index (κ3) is 2.24. The molecule has 1 aromatic carbocycles. The van der Waals surface area contributed by atoms with Crippen LogP contribution in [0.15, 0.2) is 64.7 Å². The average Bonchev–Trinajstić information content (AvgIpc) is 3.32. The van der Waals surface area contributed by atoms with E-state index in [1.807, 2.05) is 24.3 Å². The molecular weight excluding hydrogens is 332 g/mol. The number of aromatic nitrogens is 3. The van der Waals surface area contributed by atoms with E-state index >= 15 is 0 Å². The predicted molar refractivity (Wildman–Crippen MR) is 92.6 cm³/mol. The smallest absolute Gasteiger partial charge is 0.226 e. The number of hydrogen-bond acceptors (Lipinski definition) is 6. The van der Waals surface area contributed by atoms with Crippen LogP contribution in [0.5, 0.6) is 5.75 Å². The van der Waals surface area contributed by atoms with Gasteiger partial charge in [-0.15, -0.1) is 0 Å². The standard InChI is InChI=1S/C19H16N4O3/c24-13-5-3-11(4-6-13)18-17-14(22-19-20-10-21-23(18)19)8-12(9-15(17)25)16-2-1-7-26-16/h1-7,10,12,18,24H,8-9H2,(H,20,21,22)/t12-,18-/m1/s1. The molecule has 3 aromatic rings. The highest BCUT2D eigenvalue weighted by Gasteiger charge is 2.39. The van der Waals surface area contributed by atoms with Crippen LogP contribution in [-0.4, -0.2) is 25.7 Å². The molecule has 0 fully saturated rings. The predicted octanol–water partition coefficient (Wildman–Crippen LogP) is 2.99. The number of phenols is 1. The molecule has 7 heteroatoms. The maximum absolute atomic E-state index is 13.1. The Balaban J connectivity index is 1.62. The van der Waals surface area contributed by atoms with Gasteiger partial charge in [0.2, 0.25) is 5.95 Å². The molecule has 2 aliphatic rings. The fourth-order valence-electron chi connectivity index (χ4n) is 3.84. The summed E-state index contributed by atoms with van der Waals surface area (Å²) < 4.78 is 7.24. The highest BCUT2D eigenvalue weighted by molar-refractivity contribution is 6.00.